The van der Waals surface area contributed by atoms with E-state index in [0.717, 1.165) is 5.56 Å². The predicted molar refractivity (Wildman–Crippen MR) is 89.1 cm³/mol. The zero-order chi connectivity index (χ0) is 15.6. The zero-order valence-corrected chi connectivity index (χ0v) is 13.4. The highest BCUT2D eigenvalue weighted by Crippen LogP contribution is 2.22. The maximum atomic E-state index is 12.5. The number of aryl methyl sites for hydroxylation is 2. The Morgan fingerprint density at radius 2 is 1.81 bits per heavy atom. The number of nitrogens with one attached hydrogen (secondary N) is 1. The van der Waals surface area contributed by atoms with Crippen LogP contribution in [-0.2, 0) is 10.0 Å². The van der Waals surface area contributed by atoms with Crippen LogP contribution in [0.2, 0.25) is 0 Å². The van der Waals surface area contributed by atoms with Crippen molar-refractivity contribution in [3.8, 4) is 0 Å². The molecule has 0 amide bonds. The topological polar surface area (TPSA) is 72.2 Å². The molecule has 6 heteroatoms. The highest BCUT2D eigenvalue weighted by molar-refractivity contribution is 7.92. The SMILES string of the molecule is Cc1ccc(S(=O)(=O)Nc2ccccc2C(N)=S)c(C)c1. The third-order valence-electron chi connectivity index (χ3n) is 3.06. The van der Waals surface area contributed by atoms with E-state index in [-0.39, 0.29) is 9.88 Å². The Morgan fingerprint density at radius 3 is 2.43 bits per heavy atom. The molecule has 0 bridgehead atoms. The second-order valence-electron chi connectivity index (χ2n) is 4.78. The molecule has 110 valence electrons. The summed E-state index contributed by atoms with van der Waals surface area (Å²) in [5.41, 5.74) is 8.20. The fourth-order valence-corrected chi connectivity index (χ4v) is 3.57. The van der Waals surface area contributed by atoms with Crippen molar-refractivity contribution in [3.05, 3.63) is 59.2 Å². The van der Waals surface area contributed by atoms with Crippen LogP contribution in [0.5, 0.6) is 0 Å². The molecule has 2 rings (SSSR count). The van der Waals surface area contributed by atoms with Crippen LogP contribution in [0, 0.1) is 13.8 Å². The molecule has 2 aromatic rings. The Bertz CT molecular complexity index is 799. The predicted octanol–water partition coefficient (Wildman–Crippen LogP) is 2.74. The van der Waals surface area contributed by atoms with E-state index in [1.807, 2.05) is 13.0 Å². The Labute approximate surface area is 130 Å². The van der Waals surface area contributed by atoms with Crippen molar-refractivity contribution in [3.63, 3.8) is 0 Å². The van der Waals surface area contributed by atoms with Crippen LogP contribution in [0.1, 0.15) is 16.7 Å². The van der Waals surface area contributed by atoms with Gasteiger partial charge in [0.05, 0.1) is 10.6 Å². The molecule has 0 aliphatic heterocycles. The normalized spacial score (nSPS) is 11.1. The molecule has 0 fully saturated rings. The summed E-state index contributed by atoms with van der Waals surface area (Å²) in [7, 11) is -3.68. The van der Waals surface area contributed by atoms with Gasteiger partial charge in [-0.1, -0.05) is 42.0 Å². The molecule has 0 heterocycles. The van der Waals surface area contributed by atoms with Crippen molar-refractivity contribution in [2.45, 2.75) is 18.7 Å². The lowest BCUT2D eigenvalue weighted by molar-refractivity contribution is 0.600. The molecular formula is C15H16N2O2S2. The Balaban J connectivity index is 2.45. The molecule has 0 saturated heterocycles. The van der Waals surface area contributed by atoms with Gasteiger partial charge in [-0.05, 0) is 37.6 Å². The lowest BCUT2D eigenvalue weighted by atomic mass is 10.2. The van der Waals surface area contributed by atoms with Crippen molar-refractivity contribution in [1.29, 1.82) is 0 Å². The van der Waals surface area contributed by atoms with Gasteiger partial charge in [-0.25, -0.2) is 8.42 Å². The molecule has 0 unspecified atom stereocenters. The first-order valence-corrected chi connectivity index (χ1v) is 8.19. The fraction of sp³-hybridized carbons (Fsp3) is 0.133. The molecule has 0 aliphatic carbocycles. The first-order chi connectivity index (χ1) is 9.81. The summed E-state index contributed by atoms with van der Waals surface area (Å²) >= 11 is 4.94. The summed E-state index contributed by atoms with van der Waals surface area (Å²) in [6, 6.07) is 12.0. The van der Waals surface area contributed by atoms with Gasteiger partial charge in [0.25, 0.3) is 10.0 Å². The molecule has 0 radical (unpaired) electrons. The van der Waals surface area contributed by atoms with E-state index >= 15 is 0 Å². The number of rotatable bonds is 4. The third kappa shape index (κ3) is 3.40. The average Bonchev–Trinajstić information content (AvgIpc) is 2.37. The number of nitrogens with two attached hydrogens (primary N) is 1. The third-order valence-corrected chi connectivity index (χ3v) is 4.80. The molecule has 0 spiro atoms. The first kappa shape index (κ1) is 15.5. The van der Waals surface area contributed by atoms with Crippen molar-refractivity contribution in [2.24, 2.45) is 5.73 Å². The number of hydrogen-bond acceptors (Lipinski definition) is 3. The summed E-state index contributed by atoms with van der Waals surface area (Å²) in [6.45, 7) is 3.68. The van der Waals surface area contributed by atoms with E-state index in [0.29, 0.717) is 16.8 Å². The summed E-state index contributed by atoms with van der Waals surface area (Å²) < 4.78 is 27.6. The van der Waals surface area contributed by atoms with Crippen LogP contribution < -0.4 is 10.5 Å². The molecule has 21 heavy (non-hydrogen) atoms. The smallest absolute Gasteiger partial charge is 0.262 e. The second kappa shape index (κ2) is 5.83. The maximum Gasteiger partial charge on any atom is 0.262 e. The average molecular weight is 320 g/mol. The molecule has 0 aromatic heterocycles. The molecule has 2 aromatic carbocycles. The lowest BCUT2D eigenvalue weighted by Gasteiger charge is -2.13. The number of sulfonamides is 1. The van der Waals surface area contributed by atoms with E-state index in [2.05, 4.69) is 4.72 Å². The van der Waals surface area contributed by atoms with Crippen LogP contribution in [-0.4, -0.2) is 13.4 Å². The number of para-hydroxylation sites is 1. The number of hydrogen-bond donors (Lipinski definition) is 2. The van der Waals surface area contributed by atoms with Gasteiger partial charge in [-0.2, -0.15) is 0 Å². The van der Waals surface area contributed by atoms with E-state index in [4.69, 9.17) is 18.0 Å². The molecule has 0 aliphatic rings. The number of thiocarbonyl (C=S) groups is 1. The van der Waals surface area contributed by atoms with Gasteiger partial charge in [-0.15, -0.1) is 0 Å². The van der Waals surface area contributed by atoms with Crippen LogP contribution >= 0.6 is 12.2 Å². The standard InChI is InChI=1S/C15H16N2O2S2/c1-10-7-8-14(11(2)9-10)21(18,19)17-13-6-4-3-5-12(13)15(16)20/h3-9,17H,1-2H3,(H2,16,20). The van der Waals surface area contributed by atoms with Gasteiger partial charge >= 0.3 is 0 Å². The summed E-state index contributed by atoms with van der Waals surface area (Å²) in [5.74, 6) is 0. The van der Waals surface area contributed by atoms with E-state index in [9.17, 15) is 8.42 Å². The van der Waals surface area contributed by atoms with Crippen LogP contribution in [0.15, 0.2) is 47.4 Å². The molecule has 0 saturated carbocycles. The largest absolute Gasteiger partial charge is 0.389 e. The molecular weight excluding hydrogens is 304 g/mol. The Hall–Kier alpha value is -1.92. The van der Waals surface area contributed by atoms with E-state index in [1.165, 1.54) is 0 Å². The maximum absolute atomic E-state index is 12.5. The quantitative estimate of drug-likeness (QED) is 0.850. The highest BCUT2D eigenvalue weighted by atomic mass is 32.2. The molecule has 3 N–H and O–H groups in total. The van der Waals surface area contributed by atoms with Gasteiger partial charge < -0.3 is 5.73 Å². The lowest BCUT2D eigenvalue weighted by Crippen LogP contribution is -2.18. The second-order valence-corrected chi connectivity index (χ2v) is 6.87. The Morgan fingerprint density at radius 1 is 1.14 bits per heavy atom. The van der Waals surface area contributed by atoms with Crippen molar-refractivity contribution in [1.82, 2.24) is 0 Å². The van der Waals surface area contributed by atoms with Gasteiger partial charge in [-0.3, -0.25) is 4.72 Å². The minimum atomic E-state index is -3.68. The highest BCUT2D eigenvalue weighted by Gasteiger charge is 2.18. The van der Waals surface area contributed by atoms with E-state index in [1.54, 1.807) is 43.3 Å². The van der Waals surface area contributed by atoms with Crippen LogP contribution in [0.4, 0.5) is 5.69 Å². The Kier molecular flexibility index (Phi) is 4.29. The van der Waals surface area contributed by atoms with Gasteiger partial charge in [0.1, 0.15) is 4.99 Å². The van der Waals surface area contributed by atoms with E-state index < -0.39 is 10.0 Å². The number of anilines is 1. The first-order valence-electron chi connectivity index (χ1n) is 6.30. The van der Waals surface area contributed by atoms with Gasteiger partial charge in [0.2, 0.25) is 0 Å². The van der Waals surface area contributed by atoms with Crippen LogP contribution in [0.3, 0.4) is 0 Å². The summed E-state index contributed by atoms with van der Waals surface area (Å²) in [4.78, 5) is 0.389. The zero-order valence-electron chi connectivity index (χ0n) is 11.8. The van der Waals surface area contributed by atoms with Gasteiger partial charge in [0.15, 0.2) is 0 Å². The minimum absolute atomic E-state index is 0.147. The van der Waals surface area contributed by atoms with Gasteiger partial charge in [0, 0.05) is 5.56 Å². The van der Waals surface area contributed by atoms with Crippen molar-refractivity contribution in [2.75, 3.05) is 4.72 Å². The van der Waals surface area contributed by atoms with Crippen molar-refractivity contribution < 1.29 is 8.42 Å². The molecule has 4 nitrogen and oxygen atoms in total. The number of benzene rings is 2. The van der Waals surface area contributed by atoms with Crippen molar-refractivity contribution >= 4 is 32.9 Å². The summed E-state index contributed by atoms with van der Waals surface area (Å²) in [6.07, 6.45) is 0. The van der Waals surface area contributed by atoms with Crippen LogP contribution in [0.25, 0.3) is 0 Å². The minimum Gasteiger partial charge on any atom is -0.389 e. The molecule has 0 atom stereocenters. The summed E-state index contributed by atoms with van der Waals surface area (Å²) in [5, 5.41) is 0. The fourth-order valence-electron chi connectivity index (χ4n) is 2.09. The monoisotopic (exact) mass is 320 g/mol.